The Bertz CT molecular complexity index is 643. The topological polar surface area (TPSA) is 75.1 Å². The summed E-state index contributed by atoms with van der Waals surface area (Å²) in [5.41, 5.74) is 0.769. The van der Waals surface area contributed by atoms with Crippen molar-refractivity contribution in [2.24, 2.45) is 0 Å². The number of nitrogens with zero attached hydrogens (tertiary/aromatic N) is 2. The van der Waals surface area contributed by atoms with Gasteiger partial charge in [-0.2, -0.15) is 22.5 Å². The lowest BCUT2D eigenvalue weighted by Crippen LogP contribution is -2.10. The molecule has 1 heterocycles. The number of nitrogens with one attached hydrogen (secondary N) is 1. The molecule has 1 aromatic carbocycles. The third-order valence-corrected chi connectivity index (χ3v) is 3.27. The third kappa shape index (κ3) is 3.91. The molecule has 0 atom stereocenters. The number of carboxylic acids is 1. The van der Waals surface area contributed by atoms with Crippen molar-refractivity contribution in [3.8, 4) is 0 Å². The van der Waals surface area contributed by atoms with E-state index in [1.54, 1.807) is 18.2 Å². The monoisotopic (exact) mass is 317 g/mol. The van der Waals surface area contributed by atoms with Gasteiger partial charge in [-0.3, -0.25) is 0 Å². The highest BCUT2D eigenvalue weighted by Gasteiger charge is 2.36. The number of anilines is 1. The molecule has 0 spiro atoms. The molecule has 0 aliphatic heterocycles. The van der Waals surface area contributed by atoms with E-state index in [1.165, 1.54) is 6.07 Å². The van der Waals surface area contributed by atoms with E-state index in [0.29, 0.717) is 23.5 Å². The van der Waals surface area contributed by atoms with Crippen molar-refractivity contribution >= 4 is 22.6 Å². The fourth-order valence-corrected chi connectivity index (χ4v) is 2.27. The molecule has 2 N–H and O–H groups in total. The average Bonchev–Trinajstić information content (AvgIpc) is 2.88. The van der Waals surface area contributed by atoms with Crippen LogP contribution in [0.5, 0.6) is 0 Å². The molecule has 0 saturated carbocycles. The molecule has 1 aromatic heterocycles. The molecule has 0 saturated heterocycles. The van der Waals surface area contributed by atoms with Crippen LogP contribution in [0.15, 0.2) is 24.3 Å². The lowest BCUT2D eigenvalue weighted by molar-refractivity contribution is -0.144. The second-order valence-corrected chi connectivity index (χ2v) is 4.81. The Morgan fingerprint density at radius 3 is 2.67 bits per heavy atom. The smallest absolute Gasteiger partial charge is 0.452 e. The first-order valence-electron chi connectivity index (χ1n) is 5.84. The quantitative estimate of drug-likeness (QED) is 0.887. The van der Waals surface area contributed by atoms with Crippen molar-refractivity contribution in [1.29, 1.82) is 0 Å². The Kier molecular flexibility index (Phi) is 4.41. The van der Waals surface area contributed by atoms with Gasteiger partial charge in [0.2, 0.25) is 11.0 Å². The molecule has 21 heavy (non-hydrogen) atoms. The van der Waals surface area contributed by atoms with Gasteiger partial charge >= 0.3 is 12.1 Å². The standard InChI is InChI=1S/C12H10F3N3O2S/c13-12(14,15)10-17-11(21-18-10)16-6-5-7-3-1-2-4-8(7)9(19)20/h1-4H,5-6H2,(H,19,20)(H,16,17,18). The summed E-state index contributed by atoms with van der Waals surface area (Å²) < 4.78 is 40.2. The molecular formula is C12H10F3N3O2S. The van der Waals surface area contributed by atoms with Crippen molar-refractivity contribution in [2.75, 3.05) is 11.9 Å². The summed E-state index contributed by atoms with van der Waals surface area (Å²) >= 11 is 0.614. The predicted molar refractivity (Wildman–Crippen MR) is 70.5 cm³/mol. The summed E-state index contributed by atoms with van der Waals surface area (Å²) in [6.45, 7) is 0.261. The normalized spacial score (nSPS) is 11.4. The molecule has 2 rings (SSSR count). The van der Waals surface area contributed by atoms with Gasteiger partial charge in [-0.1, -0.05) is 18.2 Å². The molecule has 0 radical (unpaired) electrons. The highest BCUT2D eigenvalue weighted by Crippen LogP contribution is 2.28. The lowest BCUT2D eigenvalue weighted by atomic mass is 10.1. The zero-order chi connectivity index (χ0) is 15.5. The minimum atomic E-state index is -4.56. The Morgan fingerprint density at radius 2 is 2.05 bits per heavy atom. The molecule has 5 nitrogen and oxygen atoms in total. The molecule has 0 amide bonds. The van der Waals surface area contributed by atoms with Crippen LogP contribution >= 0.6 is 11.5 Å². The zero-order valence-electron chi connectivity index (χ0n) is 10.5. The van der Waals surface area contributed by atoms with Gasteiger partial charge < -0.3 is 10.4 Å². The van der Waals surface area contributed by atoms with Crippen LogP contribution in [0.3, 0.4) is 0 Å². The van der Waals surface area contributed by atoms with Crippen LogP contribution in [0.25, 0.3) is 0 Å². The Hall–Kier alpha value is -2.16. The molecule has 0 aliphatic rings. The number of hydrogen-bond donors (Lipinski definition) is 2. The summed E-state index contributed by atoms with van der Waals surface area (Å²) in [7, 11) is 0. The summed E-state index contributed by atoms with van der Waals surface area (Å²) in [6.07, 6.45) is -4.21. The van der Waals surface area contributed by atoms with Gasteiger partial charge in [0.25, 0.3) is 0 Å². The number of hydrogen-bond acceptors (Lipinski definition) is 5. The molecule has 0 unspecified atom stereocenters. The van der Waals surface area contributed by atoms with E-state index in [-0.39, 0.29) is 17.2 Å². The first kappa shape index (κ1) is 15.2. The van der Waals surface area contributed by atoms with E-state index in [0.717, 1.165) is 0 Å². The van der Waals surface area contributed by atoms with Gasteiger partial charge in [-0.15, -0.1) is 0 Å². The molecule has 0 fully saturated rings. The molecular weight excluding hydrogens is 307 g/mol. The van der Waals surface area contributed by atoms with E-state index >= 15 is 0 Å². The van der Waals surface area contributed by atoms with Crippen LogP contribution in [-0.4, -0.2) is 27.0 Å². The largest absolute Gasteiger partial charge is 0.478 e. The predicted octanol–water partition coefficient (Wildman–Crippen LogP) is 2.91. The number of carboxylic acid groups (broad SMARTS) is 1. The number of benzene rings is 1. The maximum atomic E-state index is 12.3. The van der Waals surface area contributed by atoms with E-state index in [4.69, 9.17) is 5.11 Å². The second-order valence-electron chi connectivity index (χ2n) is 4.06. The Labute approximate surface area is 121 Å². The van der Waals surface area contributed by atoms with Crippen molar-refractivity contribution in [1.82, 2.24) is 9.36 Å². The number of halogens is 3. The summed E-state index contributed by atoms with van der Waals surface area (Å²) in [4.78, 5) is 14.3. The Balaban J connectivity index is 1.96. The summed E-state index contributed by atoms with van der Waals surface area (Å²) in [6, 6.07) is 6.45. The van der Waals surface area contributed by atoms with Gasteiger partial charge in [0.05, 0.1) is 5.56 Å². The third-order valence-electron chi connectivity index (χ3n) is 2.60. The molecule has 9 heteroatoms. The van der Waals surface area contributed by atoms with Crippen LogP contribution in [-0.2, 0) is 12.6 Å². The highest BCUT2D eigenvalue weighted by molar-refractivity contribution is 7.09. The first-order valence-corrected chi connectivity index (χ1v) is 6.61. The summed E-state index contributed by atoms with van der Waals surface area (Å²) in [5.74, 6) is -2.22. The van der Waals surface area contributed by atoms with Crippen LogP contribution in [0.4, 0.5) is 18.3 Å². The molecule has 112 valence electrons. The van der Waals surface area contributed by atoms with Crippen molar-refractivity contribution in [3.63, 3.8) is 0 Å². The second kappa shape index (κ2) is 6.08. The van der Waals surface area contributed by atoms with Gasteiger partial charge in [-0.25, -0.2) is 4.79 Å². The molecule has 0 bridgehead atoms. The lowest BCUT2D eigenvalue weighted by Gasteiger charge is -2.06. The Morgan fingerprint density at radius 1 is 1.33 bits per heavy atom. The van der Waals surface area contributed by atoms with E-state index in [2.05, 4.69) is 14.7 Å². The van der Waals surface area contributed by atoms with Crippen LogP contribution in [0, 0.1) is 0 Å². The van der Waals surface area contributed by atoms with E-state index in [9.17, 15) is 18.0 Å². The number of alkyl halides is 3. The van der Waals surface area contributed by atoms with Gasteiger partial charge in [0, 0.05) is 18.1 Å². The number of carbonyl (C=O) groups is 1. The number of aromatic nitrogens is 2. The summed E-state index contributed by atoms with van der Waals surface area (Å²) in [5, 5.41) is 11.8. The van der Waals surface area contributed by atoms with Crippen molar-refractivity contribution in [2.45, 2.75) is 12.6 Å². The van der Waals surface area contributed by atoms with Crippen LogP contribution in [0.2, 0.25) is 0 Å². The van der Waals surface area contributed by atoms with E-state index in [1.807, 2.05) is 0 Å². The van der Waals surface area contributed by atoms with Gasteiger partial charge in [0.1, 0.15) is 0 Å². The first-order chi connectivity index (χ1) is 9.88. The maximum absolute atomic E-state index is 12.3. The number of rotatable bonds is 5. The highest BCUT2D eigenvalue weighted by atomic mass is 32.1. The van der Waals surface area contributed by atoms with Crippen molar-refractivity contribution in [3.05, 3.63) is 41.2 Å². The fraction of sp³-hybridized carbons (Fsp3) is 0.250. The average molecular weight is 317 g/mol. The van der Waals surface area contributed by atoms with Crippen LogP contribution < -0.4 is 5.32 Å². The van der Waals surface area contributed by atoms with Crippen LogP contribution in [0.1, 0.15) is 21.7 Å². The molecule has 2 aromatic rings. The zero-order valence-corrected chi connectivity index (χ0v) is 11.3. The van der Waals surface area contributed by atoms with E-state index < -0.39 is 18.0 Å². The molecule has 0 aliphatic carbocycles. The maximum Gasteiger partial charge on any atom is 0.452 e. The van der Waals surface area contributed by atoms with Gasteiger partial charge in [0.15, 0.2) is 0 Å². The SMILES string of the molecule is O=C(O)c1ccccc1CCNc1nc(C(F)(F)F)ns1. The van der Waals surface area contributed by atoms with Gasteiger partial charge in [-0.05, 0) is 18.1 Å². The minimum absolute atomic E-state index is 0.0510. The number of aromatic carboxylic acids is 1. The minimum Gasteiger partial charge on any atom is -0.478 e. The fourth-order valence-electron chi connectivity index (χ4n) is 1.66. The van der Waals surface area contributed by atoms with Crippen molar-refractivity contribution < 1.29 is 23.1 Å².